The van der Waals surface area contributed by atoms with Crippen molar-refractivity contribution >= 4 is 40.5 Å². The van der Waals surface area contributed by atoms with E-state index in [2.05, 4.69) is 31.5 Å². The standard InChI is InChI=1S/C20H21N7O3/c1-12(28)24-13-7-9-14(10-8-13)25-18-17(21)19(23-11-22-18)26-27-20(29)15-5-3-4-6-16(15)30-2/h3-11H,21H2,1-2H3,(H,24,28)(H,27,29)(H2,22,23,25,26). The number of hydrazine groups is 1. The maximum atomic E-state index is 12.4. The van der Waals surface area contributed by atoms with Crippen LogP contribution >= 0.6 is 0 Å². The molecule has 0 aliphatic rings. The van der Waals surface area contributed by atoms with E-state index in [1.54, 1.807) is 48.5 Å². The van der Waals surface area contributed by atoms with Gasteiger partial charge in [0.15, 0.2) is 11.6 Å². The van der Waals surface area contributed by atoms with Crippen molar-refractivity contribution in [1.29, 1.82) is 0 Å². The molecule has 0 atom stereocenters. The van der Waals surface area contributed by atoms with Gasteiger partial charge < -0.3 is 21.1 Å². The summed E-state index contributed by atoms with van der Waals surface area (Å²) in [4.78, 5) is 31.7. The molecular weight excluding hydrogens is 386 g/mol. The number of nitrogens with two attached hydrogens (primary N) is 1. The minimum Gasteiger partial charge on any atom is -0.496 e. The van der Waals surface area contributed by atoms with Gasteiger partial charge in [0.2, 0.25) is 5.91 Å². The van der Waals surface area contributed by atoms with Gasteiger partial charge in [-0.1, -0.05) is 12.1 Å². The van der Waals surface area contributed by atoms with Crippen molar-refractivity contribution in [3.8, 4) is 5.75 Å². The van der Waals surface area contributed by atoms with Crippen LogP contribution in [0.15, 0.2) is 54.9 Å². The second kappa shape index (κ2) is 9.24. The van der Waals surface area contributed by atoms with Gasteiger partial charge in [-0.25, -0.2) is 9.97 Å². The molecule has 10 nitrogen and oxygen atoms in total. The molecule has 3 aromatic rings. The van der Waals surface area contributed by atoms with Crippen molar-refractivity contribution in [3.05, 3.63) is 60.4 Å². The van der Waals surface area contributed by atoms with Gasteiger partial charge in [0.1, 0.15) is 17.8 Å². The lowest BCUT2D eigenvalue weighted by Gasteiger charge is -2.14. The highest BCUT2D eigenvalue weighted by Crippen LogP contribution is 2.26. The Kier molecular flexibility index (Phi) is 6.28. The van der Waals surface area contributed by atoms with Gasteiger partial charge in [-0.2, -0.15) is 0 Å². The molecule has 0 aliphatic carbocycles. The number of anilines is 5. The Morgan fingerprint density at radius 1 is 0.967 bits per heavy atom. The molecule has 0 unspecified atom stereocenters. The molecule has 1 aromatic heterocycles. The number of amides is 2. The molecule has 0 aliphatic heterocycles. The molecule has 0 radical (unpaired) electrons. The molecule has 3 rings (SSSR count). The van der Waals surface area contributed by atoms with E-state index in [0.717, 1.165) is 0 Å². The Bertz CT molecular complexity index is 1050. The second-order valence-electron chi connectivity index (χ2n) is 6.15. The van der Waals surface area contributed by atoms with E-state index in [-0.39, 0.29) is 17.4 Å². The number of aromatic nitrogens is 2. The van der Waals surface area contributed by atoms with E-state index in [1.807, 2.05) is 0 Å². The number of rotatable bonds is 7. The van der Waals surface area contributed by atoms with E-state index in [1.165, 1.54) is 20.4 Å². The SMILES string of the molecule is COc1ccccc1C(=O)NNc1ncnc(Nc2ccc(NC(C)=O)cc2)c1N. The Morgan fingerprint density at radius 2 is 1.63 bits per heavy atom. The number of benzene rings is 2. The fourth-order valence-corrected chi connectivity index (χ4v) is 2.59. The number of carbonyl (C=O) groups excluding carboxylic acids is 2. The van der Waals surface area contributed by atoms with Crippen molar-refractivity contribution in [2.45, 2.75) is 6.92 Å². The summed E-state index contributed by atoms with van der Waals surface area (Å²) in [6, 6.07) is 13.8. The molecule has 30 heavy (non-hydrogen) atoms. The van der Waals surface area contributed by atoms with Crippen LogP contribution in [-0.4, -0.2) is 28.9 Å². The molecule has 0 saturated heterocycles. The lowest BCUT2D eigenvalue weighted by atomic mass is 10.2. The van der Waals surface area contributed by atoms with Gasteiger partial charge in [-0.3, -0.25) is 20.4 Å². The minimum atomic E-state index is -0.409. The average molecular weight is 407 g/mol. The fraction of sp³-hybridized carbons (Fsp3) is 0.100. The van der Waals surface area contributed by atoms with E-state index >= 15 is 0 Å². The lowest BCUT2D eigenvalue weighted by molar-refractivity contribution is -0.114. The number of carbonyl (C=O) groups is 2. The predicted molar refractivity (Wildman–Crippen MR) is 115 cm³/mol. The van der Waals surface area contributed by atoms with Crippen molar-refractivity contribution in [2.75, 3.05) is 28.9 Å². The third-order valence-electron chi connectivity index (χ3n) is 4.00. The summed E-state index contributed by atoms with van der Waals surface area (Å²) in [5.41, 5.74) is 13.3. The van der Waals surface area contributed by atoms with E-state index in [4.69, 9.17) is 10.5 Å². The summed E-state index contributed by atoms with van der Waals surface area (Å²) >= 11 is 0. The first-order valence-corrected chi connectivity index (χ1v) is 8.92. The molecule has 154 valence electrons. The summed E-state index contributed by atoms with van der Waals surface area (Å²) < 4.78 is 5.19. The highest BCUT2D eigenvalue weighted by molar-refractivity contribution is 5.97. The largest absolute Gasteiger partial charge is 0.496 e. The highest BCUT2D eigenvalue weighted by atomic mass is 16.5. The van der Waals surface area contributed by atoms with Crippen LogP contribution < -0.4 is 32.0 Å². The van der Waals surface area contributed by atoms with Crippen LogP contribution in [0.4, 0.5) is 28.7 Å². The Hall–Kier alpha value is -4.34. The smallest absolute Gasteiger partial charge is 0.273 e. The zero-order chi connectivity index (χ0) is 21.5. The van der Waals surface area contributed by atoms with Crippen molar-refractivity contribution in [2.24, 2.45) is 0 Å². The van der Waals surface area contributed by atoms with Gasteiger partial charge in [0, 0.05) is 18.3 Å². The monoisotopic (exact) mass is 407 g/mol. The zero-order valence-electron chi connectivity index (χ0n) is 16.4. The van der Waals surface area contributed by atoms with Gasteiger partial charge in [0.05, 0.1) is 12.7 Å². The quantitative estimate of drug-likeness (QED) is 0.376. The summed E-state index contributed by atoms with van der Waals surface area (Å²) in [6.45, 7) is 1.44. The van der Waals surface area contributed by atoms with Crippen LogP contribution in [0.2, 0.25) is 0 Å². The number of nitrogen functional groups attached to an aromatic ring is 1. The average Bonchev–Trinajstić information content (AvgIpc) is 2.75. The number of nitrogens with zero attached hydrogens (tertiary/aromatic N) is 2. The highest BCUT2D eigenvalue weighted by Gasteiger charge is 2.13. The van der Waals surface area contributed by atoms with Crippen molar-refractivity contribution < 1.29 is 14.3 Å². The van der Waals surface area contributed by atoms with Gasteiger partial charge in [-0.15, -0.1) is 0 Å². The molecular formula is C20H21N7O3. The maximum absolute atomic E-state index is 12.4. The number of nitrogens with one attached hydrogen (secondary N) is 4. The first kappa shape index (κ1) is 20.4. The van der Waals surface area contributed by atoms with E-state index in [9.17, 15) is 9.59 Å². The maximum Gasteiger partial charge on any atom is 0.273 e. The van der Waals surface area contributed by atoms with E-state index in [0.29, 0.717) is 28.5 Å². The molecule has 0 saturated carbocycles. The lowest BCUT2D eigenvalue weighted by Crippen LogP contribution is -2.30. The predicted octanol–water partition coefficient (Wildman–Crippen LogP) is 2.53. The van der Waals surface area contributed by atoms with Crippen molar-refractivity contribution in [1.82, 2.24) is 15.4 Å². The number of methoxy groups -OCH3 is 1. The van der Waals surface area contributed by atoms with Gasteiger partial charge >= 0.3 is 0 Å². The first-order chi connectivity index (χ1) is 14.5. The minimum absolute atomic E-state index is 0.151. The molecule has 1 heterocycles. The van der Waals surface area contributed by atoms with Crippen LogP contribution in [0.25, 0.3) is 0 Å². The van der Waals surface area contributed by atoms with E-state index < -0.39 is 5.91 Å². The molecule has 2 amide bonds. The molecule has 0 bridgehead atoms. The molecule has 0 fully saturated rings. The summed E-state index contributed by atoms with van der Waals surface area (Å²) in [5, 5.41) is 5.76. The molecule has 6 N–H and O–H groups in total. The van der Waals surface area contributed by atoms with Crippen LogP contribution in [0.3, 0.4) is 0 Å². The summed E-state index contributed by atoms with van der Waals surface area (Å²) in [7, 11) is 1.49. The number of hydrogen-bond donors (Lipinski definition) is 5. The Morgan fingerprint density at radius 3 is 2.33 bits per heavy atom. The number of hydrogen-bond acceptors (Lipinski definition) is 8. The zero-order valence-corrected chi connectivity index (χ0v) is 16.4. The van der Waals surface area contributed by atoms with Crippen molar-refractivity contribution in [3.63, 3.8) is 0 Å². The first-order valence-electron chi connectivity index (χ1n) is 8.92. The third kappa shape index (κ3) is 4.93. The number of para-hydroxylation sites is 1. The van der Waals surface area contributed by atoms with Gasteiger partial charge in [0.25, 0.3) is 5.91 Å². The van der Waals surface area contributed by atoms with Gasteiger partial charge in [-0.05, 0) is 36.4 Å². The number of ether oxygens (including phenoxy) is 1. The Balaban J connectivity index is 1.69. The summed E-state index contributed by atoms with van der Waals surface area (Å²) in [5.74, 6) is 0.463. The van der Waals surface area contributed by atoms with Crippen LogP contribution in [0.1, 0.15) is 17.3 Å². The second-order valence-corrected chi connectivity index (χ2v) is 6.15. The summed E-state index contributed by atoms with van der Waals surface area (Å²) in [6.07, 6.45) is 1.31. The molecule has 10 heteroatoms. The molecule has 0 spiro atoms. The fourth-order valence-electron chi connectivity index (χ4n) is 2.59. The van der Waals surface area contributed by atoms with Crippen LogP contribution in [0, 0.1) is 0 Å². The normalized spacial score (nSPS) is 10.1. The van der Waals surface area contributed by atoms with Crippen LogP contribution in [0.5, 0.6) is 5.75 Å². The van der Waals surface area contributed by atoms with Crippen LogP contribution in [-0.2, 0) is 4.79 Å². The molecule has 2 aromatic carbocycles. The topological polar surface area (TPSA) is 143 Å². The Labute approximate surface area is 172 Å². The third-order valence-corrected chi connectivity index (χ3v) is 4.00.